The van der Waals surface area contributed by atoms with Gasteiger partial charge in [0, 0.05) is 0 Å². The van der Waals surface area contributed by atoms with Crippen LogP contribution in [0.2, 0.25) is 0 Å². The molecule has 0 unspecified atom stereocenters. The molecule has 1 rings (SSSR count). The van der Waals surface area contributed by atoms with Crippen molar-refractivity contribution in [1.82, 2.24) is 0 Å². The van der Waals surface area contributed by atoms with E-state index in [2.05, 4.69) is 15.9 Å². The predicted molar refractivity (Wildman–Crippen MR) is 49.9 cm³/mol. The number of hydrogen-bond donors (Lipinski definition) is 1. The van der Waals surface area contributed by atoms with E-state index in [0.717, 1.165) is 5.56 Å². The molecule has 1 aromatic rings. The van der Waals surface area contributed by atoms with Crippen LogP contribution < -0.4 is 5.73 Å². The number of nitro benzene ring substituents is 1. The molecule has 0 fully saturated rings. The number of nitrogen functional groups attached to an aromatic ring is 1. The molecule has 0 amide bonds. The lowest BCUT2D eigenvalue weighted by Crippen LogP contribution is -1.97. The van der Waals surface area contributed by atoms with Crippen LogP contribution in [0.1, 0.15) is 5.56 Å². The lowest BCUT2D eigenvalue weighted by molar-refractivity contribution is -0.384. The Bertz CT molecular complexity index is 315. The molecule has 64 valence electrons. The Labute approximate surface area is 77.7 Å². The number of benzene rings is 1. The average molecular weight is 231 g/mol. The Hall–Kier alpha value is -1.10. The van der Waals surface area contributed by atoms with E-state index >= 15 is 0 Å². The Balaban J connectivity index is 3.38. The molecular formula is C7H7BrN2O2. The molecule has 0 radical (unpaired) electrons. The van der Waals surface area contributed by atoms with Gasteiger partial charge in [0.25, 0.3) is 0 Å². The molecule has 1 aromatic carbocycles. The summed E-state index contributed by atoms with van der Waals surface area (Å²) in [5.41, 5.74) is 6.46. The normalized spacial score (nSPS) is 9.83. The van der Waals surface area contributed by atoms with Gasteiger partial charge in [-0.25, -0.2) is 0 Å². The highest BCUT2D eigenvalue weighted by molar-refractivity contribution is 9.10. The number of hydrogen-bond acceptors (Lipinski definition) is 3. The molecule has 0 spiro atoms. The average Bonchev–Trinajstić information content (AvgIpc) is 1.82. The molecule has 0 saturated heterocycles. The van der Waals surface area contributed by atoms with Gasteiger partial charge in [-0.15, -0.1) is 0 Å². The van der Waals surface area contributed by atoms with Crippen molar-refractivity contribution < 1.29 is 4.92 Å². The minimum Gasteiger partial charge on any atom is -0.393 e. The van der Waals surface area contributed by atoms with Crippen LogP contribution in [0.25, 0.3) is 0 Å². The van der Waals surface area contributed by atoms with Crippen LogP contribution in [0.15, 0.2) is 16.6 Å². The third-order valence-corrected chi connectivity index (χ3v) is 2.02. The van der Waals surface area contributed by atoms with E-state index in [9.17, 15) is 10.1 Å². The Morgan fingerprint density at radius 3 is 2.58 bits per heavy atom. The smallest absolute Gasteiger partial charge is 0.306 e. The van der Waals surface area contributed by atoms with Crippen molar-refractivity contribution >= 4 is 27.3 Å². The van der Waals surface area contributed by atoms with Gasteiger partial charge in [-0.05, 0) is 40.5 Å². The molecule has 0 aliphatic heterocycles. The predicted octanol–water partition coefficient (Wildman–Crippen LogP) is 2.25. The first kappa shape index (κ1) is 8.99. The third-order valence-electron chi connectivity index (χ3n) is 1.42. The standard InChI is InChI=1S/C7H7BrN2O2/c1-4-2-5(8)7(10(11)12)6(9)3-4/h2-3H,9H2,1H3. The van der Waals surface area contributed by atoms with Crippen molar-refractivity contribution in [3.63, 3.8) is 0 Å². The number of nitrogens with zero attached hydrogens (tertiary/aromatic N) is 1. The fraction of sp³-hybridized carbons (Fsp3) is 0.143. The maximum absolute atomic E-state index is 10.4. The number of nitro groups is 1. The molecular weight excluding hydrogens is 224 g/mol. The maximum atomic E-state index is 10.4. The summed E-state index contributed by atoms with van der Waals surface area (Å²) in [7, 11) is 0. The highest BCUT2D eigenvalue weighted by atomic mass is 79.9. The van der Waals surface area contributed by atoms with Crippen LogP contribution in [0.3, 0.4) is 0 Å². The fourth-order valence-corrected chi connectivity index (χ4v) is 1.69. The zero-order valence-corrected chi connectivity index (χ0v) is 7.96. The minimum absolute atomic E-state index is 0.0689. The highest BCUT2D eigenvalue weighted by Gasteiger charge is 2.16. The summed E-state index contributed by atoms with van der Waals surface area (Å²) in [5.74, 6) is 0. The molecule has 4 nitrogen and oxygen atoms in total. The van der Waals surface area contributed by atoms with Gasteiger partial charge in [0.15, 0.2) is 0 Å². The van der Waals surface area contributed by atoms with E-state index in [1.165, 1.54) is 0 Å². The summed E-state index contributed by atoms with van der Waals surface area (Å²) < 4.78 is 0.421. The van der Waals surface area contributed by atoms with Crippen molar-refractivity contribution in [2.45, 2.75) is 6.92 Å². The number of anilines is 1. The van der Waals surface area contributed by atoms with E-state index in [1.807, 2.05) is 6.92 Å². The first-order valence-corrected chi connectivity index (χ1v) is 4.01. The number of nitrogens with two attached hydrogens (primary N) is 1. The summed E-state index contributed by atoms with van der Waals surface area (Å²) >= 11 is 3.08. The molecule has 0 heterocycles. The van der Waals surface area contributed by atoms with Gasteiger partial charge in [0.2, 0.25) is 0 Å². The molecule has 0 aliphatic carbocycles. The summed E-state index contributed by atoms with van der Waals surface area (Å²) in [6.07, 6.45) is 0. The molecule has 5 heteroatoms. The molecule has 0 saturated carbocycles. The van der Waals surface area contributed by atoms with Crippen LogP contribution in [0.5, 0.6) is 0 Å². The molecule has 0 atom stereocenters. The van der Waals surface area contributed by atoms with E-state index in [0.29, 0.717) is 4.47 Å². The molecule has 0 aromatic heterocycles. The van der Waals surface area contributed by atoms with Crippen LogP contribution in [0, 0.1) is 17.0 Å². The van der Waals surface area contributed by atoms with Gasteiger partial charge in [-0.1, -0.05) is 0 Å². The van der Waals surface area contributed by atoms with Gasteiger partial charge in [-0.2, -0.15) is 0 Å². The van der Waals surface area contributed by atoms with Crippen molar-refractivity contribution in [1.29, 1.82) is 0 Å². The Kier molecular flexibility index (Phi) is 2.32. The Morgan fingerprint density at radius 2 is 2.17 bits per heavy atom. The quantitative estimate of drug-likeness (QED) is 0.457. The first-order chi connectivity index (χ1) is 5.52. The second-order valence-electron chi connectivity index (χ2n) is 2.44. The van der Waals surface area contributed by atoms with Crippen LogP contribution in [-0.2, 0) is 0 Å². The van der Waals surface area contributed by atoms with E-state index < -0.39 is 4.92 Å². The van der Waals surface area contributed by atoms with Gasteiger partial charge in [0.05, 0.1) is 9.40 Å². The molecule has 0 bridgehead atoms. The fourth-order valence-electron chi connectivity index (χ4n) is 0.954. The summed E-state index contributed by atoms with van der Waals surface area (Å²) in [6.45, 7) is 1.82. The van der Waals surface area contributed by atoms with Gasteiger partial charge >= 0.3 is 5.69 Å². The van der Waals surface area contributed by atoms with Crippen molar-refractivity contribution in [2.24, 2.45) is 0 Å². The first-order valence-electron chi connectivity index (χ1n) is 3.22. The van der Waals surface area contributed by atoms with Crippen LogP contribution in [0.4, 0.5) is 11.4 Å². The van der Waals surface area contributed by atoms with Crippen molar-refractivity contribution in [3.8, 4) is 0 Å². The minimum atomic E-state index is -0.501. The zero-order chi connectivity index (χ0) is 9.30. The summed E-state index contributed by atoms with van der Waals surface area (Å²) in [5, 5.41) is 10.4. The second kappa shape index (κ2) is 3.10. The molecule has 2 N–H and O–H groups in total. The summed E-state index contributed by atoms with van der Waals surface area (Å²) in [6, 6.07) is 3.23. The largest absolute Gasteiger partial charge is 0.393 e. The summed E-state index contributed by atoms with van der Waals surface area (Å²) in [4.78, 5) is 9.95. The van der Waals surface area contributed by atoms with Gasteiger partial charge in [0.1, 0.15) is 5.69 Å². The van der Waals surface area contributed by atoms with Gasteiger partial charge in [-0.3, -0.25) is 10.1 Å². The monoisotopic (exact) mass is 230 g/mol. The lowest BCUT2D eigenvalue weighted by Gasteiger charge is -2.00. The zero-order valence-electron chi connectivity index (χ0n) is 6.37. The van der Waals surface area contributed by atoms with E-state index in [4.69, 9.17) is 5.73 Å². The molecule has 12 heavy (non-hydrogen) atoms. The van der Waals surface area contributed by atoms with Gasteiger partial charge < -0.3 is 5.73 Å². The SMILES string of the molecule is Cc1cc(N)c([N+](=O)[O-])c(Br)c1. The number of aryl methyl sites for hydroxylation is 1. The van der Waals surface area contributed by atoms with Crippen LogP contribution in [-0.4, -0.2) is 4.92 Å². The highest BCUT2D eigenvalue weighted by Crippen LogP contribution is 2.31. The van der Waals surface area contributed by atoms with Crippen molar-refractivity contribution in [3.05, 3.63) is 32.3 Å². The van der Waals surface area contributed by atoms with E-state index in [-0.39, 0.29) is 11.4 Å². The lowest BCUT2D eigenvalue weighted by atomic mass is 10.2. The molecule has 0 aliphatic rings. The topological polar surface area (TPSA) is 69.2 Å². The number of rotatable bonds is 1. The van der Waals surface area contributed by atoms with E-state index in [1.54, 1.807) is 12.1 Å². The van der Waals surface area contributed by atoms with Crippen LogP contribution >= 0.6 is 15.9 Å². The number of halogens is 1. The third kappa shape index (κ3) is 1.55. The second-order valence-corrected chi connectivity index (χ2v) is 3.30. The Morgan fingerprint density at radius 1 is 1.58 bits per heavy atom. The maximum Gasteiger partial charge on any atom is 0.306 e. The van der Waals surface area contributed by atoms with Crippen molar-refractivity contribution in [2.75, 3.05) is 5.73 Å².